The Morgan fingerprint density at radius 2 is 1.47 bits per heavy atom. The van der Waals surface area contributed by atoms with Crippen LogP contribution in [0.2, 0.25) is 0 Å². The second-order valence-electron chi connectivity index (χ2n) is 10.8. The zero-order valence-corrected chi connectivity index (χ0v) is 24.8. The number of carbonyl (C=O) groups is 2. The lowest BCUT2D eigenvalue weighted by Crippen LogP contribution is -2.68. The SMILES string of the molecule is COC(=O)CCCCCCCCO[C@@H]1OC(CO)[C@H](O)C(OC2OC(CO)[C@@H](O)C(O)C2O)C1NC(=O)c1cc(=O)[nH]c(=O)[nH]1. The first-order valence-electron chi connectivity index (χ1n) is 14.7. The van der Waals surface area contributed by atoms with Crippen molar-refractivity contribution < 1.29 is 63.9 Å². The molecule has 1 aromatic heterocycles. The molecule has 7 unspecified atom stereocenters. The fourth-order valence-corrected chi connectivity index (χ4v) is 5.06. The molecule has 18 heteroatoms. The highest BCUT2D eigenvalue weighted by Crippen LogP contribution is 2.30. The number of hydrogen-bond acceptors (Lipinski definition) is 15. The van der Waals surface area contributed by atoms with Gasteiger partial charge in [0.15, 0.2) is 12.6 Å². The largest absolute Gasteiger partial charge is 0.469 e. The van der Waals surface area contributed by atoms with Gasteiger partial charge in [-0.1, -0.05) is 25.7 Å². The minimum atomic E-state index is -1.86. The third-order valence-corrected chi connectivity index (χ3v) is 7.58. The van der Waals surface area contributed by atoms with Crippen LogP contribution in [0.4, 0.5) is 0 Å². The van der Waals surface area contributed by atoms with E-state index < -0.39 is 97.4 Å². The van der Waals surface area contributed by atoms with Crippen LogP contribution in [-0.4, -0.2) is 141 Å². The van der Waals surface area contributed by atoms with E-state index in [9.17, 15) is 49.8 Å². The summed E-state index contributed by atoms with van der Waals surface area (Å²) in [6.07, 6.45) is -9.49. The maximum absolute atomic E-state index is 13.1. The first kappa shape index (κ1) is 36.7. The lowest BCUT2D eigenvalue weighted by atomic mass is 9.95. The predicted octanol–water partition coefficient (Wildman–Crippen LogP) is -3.65. The molecule has 45 heavy (non-hydrogen) atoms. The highest BCUT2D eigenvalue weighted by Gasteiger charge is 2.51. The van der Waals surface area contributed by atoms with Crippen molar-refractivity contribution in [2.24, 2.45) is 0 Å². The first-order valence-corrected chi connectivity index (χ1v) is 14.7. The van der Waals surface area contributed by atoms with Gasteiger partial charge in [0.25, 0.3) is 11.5 Å². The van der Waals surface area contributed by atoms with Gasteiger partial charge in [-0.15, -0.1) is 0 Å². The van der Waals surface area contributed by atoms with Crippen LogP contribution in [0.1, 0.15) is 55.4 Å². The minimum absolute atomic E-state index is 0.0993. The van der Waals surface area contributed by atoms with Crippen molar-refractivity contribution in [3.63, 3.8) is 0 Å². The van der Waals surface area contributed by atoms with E-state index in [1.54, 1.807) is 0 Å². The second kappa shape index (κ2) is 17.8. The van der Waals surface area contributed by atoms with E-state index in [0.717, 1.165) is 31.7 Å². The van der Waals surface area contributed by atoms with E-state index in [1.807, 2.05) is 4.98 Å². The molecule has 9 N–H and O–H groups in total. The molecule has 2 fully saturated rings. The maximum atomic E-state index is 13.1. The van der Waals surface area contributed by atoms with Crippen LogP contribution in [0.15, 0.2) is 15.7 Å². The summed E-state index contributed by atoms with van der Waals surface area (Å²) < 4.78 is 27.5. The van der Waals surface area contributed by atoms with E-state index in [2.05, 4.69) is 15.0 Å². The molecule has 0 saturated carbocycles. The zero-order valence-electron chi connectivity index (χ0n) is 24.8. The highest BCUT2D eigenvalue weighted by molar-refractivity contribution is 5.92. The van der Waals surface area contributed by atoms with Crippen LogP contribution in [-0.2, 0) is 28.5 Å². The molecule has 3 rings (SSSR count). The number of unbranched alkanes of at least 4 members (excludes halogenated alkanes) is 5. The van der Waals surface area contributed by atoms with Gasteiger partial charge in [-0.25, -0.2) is 4.79 Å². The molecule has 3 heterocycles. The molecule has 10 atom stereocenters. The van der Waals surface area contributed by atoms with Crippen LogP contribution < -0.4 is 16.6 Å². The topological polar surface area (TPSA) is 279 Å². The van der Waals surface area contributed by atoms with Crippen molar-refractivity contribution in [3.05, 3.63) is 32.6 Å². The molecule has 2 aliphatic rings. The number of esters is 1. The van der Waals surface area contributed by atoms with Gasteiger partial charge in [-0.05, 0) is 12.8 Å². The Morgan fingerprint density at radius 1 is 0.844 bits per heavy atom. The number of hydrogen-bond donors (Lipinski definition) is 9. The summed E-state index contributed by atoms with van der Waals surface area (Å²) in [6.45, 7) is -1.38. The molecule has 0 spiro atoms. The van der Waals surface area contributed by atoms with Crippen molar-refractivity contribution >= 4 is 11.9 Å². The van der Waals surface area contributed by atoms with Crippen LogP contribution >= 0.6 is 0 Å². The van der Waals surface area contributed by atoms with Gasteiger partial charge in [0.2, 0.25) is 0 Å². The Balaban J connectivity index is 1.75. The number of aromatic amines is 2. The Bertz CT molecular complexity index is 1160. The van der Waals surface area contributed by atoms with Crippen LogP contribution in [0.3, 0.4) is 0 Å². The normalized spacial score (nSPS) is 31.8. The van der Waals surface area contributed by atoms with Crippen molar-refractivity contribution in [2.75, 3.05) is 26.9 Å². The van der Waals surface area contributed by atoms with Gasteiger partial charge in [0.1, 0.15) is 54.5 Å². The summed E-state index contributed by atoms with van der Waals surface area (Å²) in [7, 11) is 1.34. The number of nitrogens with one attached hydrogen (secondary N) is 3. The fourth-order valence-electron chi connectivity index (χ4n) is 5.06. The van der Waals surface area contributed by atoms with Crippen molar-refractivity contribution in [1.82, 2.24) is 15.3 Å². The Hall–Kier alpha value is -2.78. The molecular weight excluding hydrogens is 606 g/mol. The number of methoxy groups -OCH3 is 1. The first-order chi connectivity index (χ1) is 21.5. The molecule has 2 aliphatic heterocycles. The van der Waals surface area contributed by atoms with E-state index in [-0.39, 0.29) is 12.6 Å². The summed E-state index contributed by atoms with van der Waals surface area (Å²) >= 11 is 0. The molecule has 256 valence electrons. The molecule has 0 aliphatic carbocycles. The van der Waals surface area contributed by atoms with Crippen LogP contribution in [0.5, 0.6) is 0 Å². The second-order valence-corrected chi connectivity index (χ2v) is 10.8. The van der Waals surface area contributed by atoms with Gasteiger partial charge in [0.05, 0.1) is 20.3 Å². The summed E-state index contributed by atoms with van der Waals surface area (Å²) in [4.78, 5) is 52.0. The Morgan fingerprint density at radius 3 is 2.11 bits per heavy atom. The number of ether oxygens (including phenoxy) is 5. The summed E-state index contributed by atoms with van der Waals surface area (Å²) in [5.74, 6) is -1.26. The lowest BCUT2D eigenvalue weighted by molar-refractivity contribution is -0.344. The third-order valence-electron chi connectivity index (χ3n) is 7.58. The Labute approximate surface area is 257 Å². The molecule has 1 amide bonds. The smallest absolute Gasteiger partial charge is 0.326 e. The monoisotopic (exact) mass is 649 g/mol. The van der Waals surface area contributed by atoms with Gasteiger partial charge >= 0.3 is 11.7 Å². The highest BCUT2D eigenvalue weighted by atomic mass is 16.7. The number of aliphatic hydroxyl groups excluding tert-OH is 6. The standard InChI is InChI=1S/C27H43N3O15/c1-41-17(34)8-6-4-2-3-5-7-9-42-25-18(30-24(39)13-10-16(33)29-27(40)28-13)23(20(36)15(12-32)43-25)45-26-22(38)21(37)19(35)14(11-31)44-26/h10,14-15,18-23,25-26,31-32,35-38H,2-9,11-12H2,1H3,(H,30,39)(H2,28,29,33,40)/t14?,15?,18?,19-,20+,21?,22?,23?,25-,26?/m1/s1. The number of aliphatic hydroxyl groups is 6. The maximum Gasteiger partial charge on any atom is 0.326 e. The van der Waals surface area contributed by atoms with Gasteiger partial charge in [-0.2, -0.15) is 0 Å². The van der Waals surface area contributed by atoms with E-state index in [0.29, 0.717) is 19.3 Å². The van der Waals surface area contributed by atoms with Gasteiger partial charge in [0, 0.05) is 19.1 Å². The number of H-pyrrole nitrogens is 2. The molecule has 18 nitrogen and oxygen atoms in total. The quantitative estimate of drug-likeness (QED) is 0.0617. The molecule has 0 radical (unpaired) electrons. The molecular formula is C27H43N3O15. The molecule has 1 aromatic rings. The zero-order chi connectivity index (χ0) is 33.1. The molecule has 0 bridgehead atoms. The van der Waals surface area contributed by atoms with Crippen LogP contribution in [0, 0.1) is 0 Å². The number of amides is 1. The van der Waals surface area contributed by atoms with E-state index >= 15 is 0 Å². The average Bonchev–Trinajstić information content (AvgIpc) is 3.01. The summed E-state index contributed by atoms with van der Waals surface area (Å²) in [5, 5.41) is 63.9. The minimum Gasteiger partial charge on any atom is -0.469 e. The van der Waals surface area contributed by atoms with Crippen molar-refractivity contribution in [3.8, 4) is 0 Å². The summed E-state index contributed by atoms with van der Waals surface area (Å²) in [6, 6.07) is -0.592. The van der Waals surface area contributed by atoms with Crippen molar-refractivity contribution in [1.29, 1.82) is 0 Å². The van der Waals surface area contributed by atoms with E-state index in [4.69, 9.17) is 18.9 Å². The summed E-state index contributed by atoms with van der Waals surface area (Å²) in [5.41, 5.74) is -2.27. The van der Waals surface area contributed by atoms with Crippen molar-refractivity contribution in [2.45, 2.75) is 106 Å². The number of carbonyl (C=O) groups excluding carboxylic acids is 2. The predicted molar refractivity (Wildman–Crippen MR) is 150 cm³/mol. The fraction of sp³-hybridized carbons (Fsp3) is 0.778. The lowest BCUT2D eigenvalue weighted by Gasteiger charge is -2.47. The third kappa shape index (κ3) is 10.1. The Kier molecular flexibility index (Phi) is 14.5. The molecule has 0 aromatic carbocycles. The van der Waals surface area contributed by atoms with Gasteiger partial charge < -0.3 is 64.6 Å². The van der Waals surface area contributed by atoms with Gasteiger partial charge in [-0.3, -0.25) is 19.4 Å². The number of rotatable bonds is 16. The average molecular weight is 650 g/mol. The van der Waals surface area contributed by atoms with Crippen LogP contribution in [0.25, 0.3) is 0 Å². The number of aromatic nitrogens is 2. The van der Waals surface area contributed by atoms with E-state index in [1.165, 1.54) is 7.11 Å². The molecule has 2 saturated heterocycles.